The molecule has 96 valence electrons. The van der Waals surface area contributed by atoms with Crippen LogP contribution < -0.4 is 9.80 Å². The van der Waals surface area contributed by atoms with Gasteiger partial charge < -0.3 is 4.90 Å². The van der Waals surface area contributed by atoms with E-state index in [0.29, 0.717) is 6.54 Å². The Morgan fingerprint density at radius 2 is 1.58 bits per heavy atom. The summed E-state index contributed by atoms with van der Waals surface area (Å²) in [4.78, 5) is 15.4. The molecular formula is C15H13ClN2O. The molecular weight excluding hydrogens is 260 g/mol. The van der Waals surface area contributed by atoms with Crippen LogP contribution in [0, 0.1) is 0 Å². The number of carbonyl (C=O) groups is 1. The summed E-state index contributed by atoms with van der Waals surface area (Å²) in [5, 5.41) is -0.461. The number of hydrogen-bond acceptors (Lipinski definition) is 2. The lowest BCUT2D eigenvalue weighted by Crippen LogP contribution is -2.24. The van der Waals surface area contributed by atoms with Crippen LogP contribution in [0.25, 0.3) is 0 Å². The number of amides is 1. The van der Waals surface area contributed by atoms with Gasteiger partial charge in [-0.3, -0.25) is 9.69 Å². The highest BCUT2D eigenvalue weighted by Gasteiger charge is 2.25. The lowest BCUT2D eigenvalue weighted by molar-refractivity contribution is 0.264. The Morgan fingerprint density at radius 3 is 2.26 bits per heavy atom. The highest BCUT2D eigenvalue weighted by molar-refractivity contribution is 6.66. The van der Waals surface area contributed by atoms with E-state index in [4.69, 9.17) is 11.6 Å². The monoisotopic (exact) mass is 272 g/mol. The number of fused-ring (bicyclic) bond motifs is 2. The largest absolute Gasteiger partial charge is 0.343 e. The molecule has 0 saturated carbocycles. The zero-order chi connectivity index (χ0) is 13.4. The average molecular weight is 273 g/mol. The molecule has 3 nitrogen and oxygen atoms in total. The number of para-hydroxylation sites is 3. The highest BCUT2D eigenvalue weighted by atomic mass is 35.5. The van der Waals surface area contributed by atoms with E-state index in [1.165, 1.54) is 0 Å². The molecule has 0 unspecified atom stereocenters. The van der Waals surface area contributed by atoms with Crippen molar-refractivity contribution in [2.24, 2.45) is 0 Å². The molecule has 0 bridgehead atoms. The molecule has 0 radical (unpaired) electrons. The van der Waals surface area contributed by atoms with Crippen molar-refractivity contribution in [2.75, 3.05) is 16.8 Å². The molecule has 0 spiro atoms. The van der Waals surface area contributed by atoms with E-state index in [2.05, 4.69) is 4.90 Å². The van der Waals surface area contributed by atoms with Gasteiger partial charge in [-0.2, -0.15) is 0 Å². The number of anilines is 3. The molecule has 3 rings (SSSR count). The first-order chi connectivity index (χ1) is 9.18. The van der Waals surface area contributed by atoms with Gasteiger partial charge in [-0.15, -0.1) is 0 Å². The Balaban J connectivity index is 2.24. The first kappa shape index (κ1) is 12.1. The van der Waals surface area contributed by atoms with Gasteiger partial charge in [0.1, 0.15) is 0 Å². The number of halogens is 1. The van der Waals surface area contributed by atoms with Gasteiger partial charge in [0.05, 0.1) is 17.9 Å². The molecule has 1 aliphatic heterocycles. The topological polar surface area (TPSA) is 23.6 Å². The van der Waals surface area contributed by atoms with E-state index in [0.717, 1.165) is 22.6 Å². The van der Waals surface area contributed by atoms with Crippen molar-refractivity contribution < 1.29 is 4.79 Å². The predicted octanol–water partition coefficient (Wildman–Crippen LogP) is 4.13. The van der Waals surface area contributed by atoms with Gasteiger partial charge in [-0.25, -0.2) is 0 Å². The molecule has 1 aliphatic rings. The van der Waals surface area contributed by atoms with Gasteiger partial charge >= 0.3 is 5.37 Å². The summed E-state index contributed by atoms with van der Waals surface area (Å²) in [6.07, 6.45) is 0. The third kappa shape index (κ3) is 1.96. The maximum Gasteiger partial charge on any atom is 0.321 e. The van der Waals surface area contributed by atoms with E-state index in [9.17, 15) is 4.79 Å². The third-order valence-electron chi connectivity index (χ3n) is 3.43. The summed E-state index contributed by atoms with van der Waals surface area (Å²) in [5.74, 6) is 0. The number of benzene rings is 2. The fourth-order valence-corrected chi connectivity index (χ4v) is 2.64. The van der Waals surface area contributed by atoms with E-state index in [1.54, 1.807) is 4.90 Å². The number of carbonyl (C=O) groups excluding carboxylic acids is 1. The van der Waals surface area contributed by atoms with Gasteiger partial charge in [-0.1, -0.05) is 30.3 Å². The second kappa shape index (κ2) is 4.59. The molecule has 0 saturated heterocycles. The normalized spacial score (nSPS) is 13.6. The summed E-state index contributed by atoms with van der Waals surface area (Å²) >= 11 is 5.74. The van der Waals surface area contributed by atoms with E-state index >= 15 is 0 Å². The summed E-state index contributed by atoms with van der Waals surface area (Å²) in [5.41, 5.74) is 3.98. The second-order valence-corrected chi connectivity index (χ2v) is 4.84. The highest BCUT2D eigenvalue weighted by Crippen LogP contribution is 2.39. The first-order valence-electron chi connectivity index (χ1n) is 6.06. The smallest absolute Gasteiger partial charge is 0.321 e. The van der Waals surface area contributed by atoms with Gasteiger partial charge in [0.2, 0.25) is 0 Å². The second-order valence-electron chi connectivity index (χ2n) is 4.52. The van der Waals surface area contributed by atoms with Gasteiger partial charge in [-0.05, 0) is 35.4 Å². The van der Waals surface area contributed by atoms with Gasteiger partial charge in [0, 0.05) is 12.7 Å². The third-order valence-corrected chi connectivity index (χ3v) is 3.63. The average Bonchev–Trinajstić information content (AvgIpc) is 2.56. The van der Waals surface area contributed by atoms with Crippen molar-refractivity contribution in [3.8, 4) is 0 Å². The molecule has 0 aliphatic carbocycles. The minimum atomic E-state index is -0.461. The Bertz CT molecular complexity index is 642. The molecule has 0 N–H and O–H groups in total. The SMILES string of the molecule is CN1c2ccccc2CN(C(=O)Cl)c2ccccc21. The van der Waals surface area contributed by atoms with Crippen LogP contribution in [-0.2, 0) is 6.54 Å². The Labute approximate surface area is 117 Å². The summed E-state index contributed by atoms with van der Waals surface area (Å²) in [7, 11) is 2.00. The first-order valence-corrected chi connectivity index (χ1v) is 6.44. The van der Waals surface area contributed by atoms with Gasteiger partial charge in [0.15, 0.2) is 0 Å². The maximum atomic E-state index is 11.7. The van der Waals surface area contributed by atoms with Crippen LogP contribution in [0.15, 0.2) is 48.5 Å². The number of nitrogens with zero attached hydrogens (tertiary/aromatic N) is 2. The van der Waals surface area contributed by atoms with E-state index < -0.39 is 5.37 Å². The molecule has 1 heterocycles. The van der Waals surface area contributed by atoms with Crippen LogP contribution in [0.2, 0.25) is 0 Å². The van der Waals surface area contributed by atoms with Crippen LogP contribution in [-0.4, -0.2) is 12.4 Å². The lowest BCUT2D eigenvalue weighted by Gasteiger charge is -2.22. The quantitative estimate of drug-likeness (QED) is 0.532. The Hall–Kier alpha value is -2.00. The van der Waals surface area contributed by atoms with Gasteiger partial charge in [0.25, 0.3) is 0 Å². The van der Waals surface area contributed by atoms with Crippen molar-refractivity contribution >= 4 is 34.0 Å². The van der Waals surface area contributed by atoms with Crippen molar-refractivity contribution in [1.29, 1.82) is 0 Å². The molecule has 2 aromatic rings. The molecule has 2 aromatic carbocycles. The molecule has 0 atom stereocenters. The summed E-state index contributed by atoms with van der Waals surface area (Å²) in [6.45, 7) is 0.486. The Morgan fingerprint density at radius 1 is 1.00 bits per heavy atom. The van der Waals surface area contributed by atoms with Crippen LogP contribution in [0.3, 0.4) is 0 Å². The van der Waals surface area contributed by atoms with E-state index in [1.807, 2.05) is 55.6 Å². The van der Waals surface area contributed by atoms with Crippen molar-refractivity contribution in [3.05, 3.63) is 54.1 Å². The minimum absolute atomic E-state index is 0.461. The molecule has 19 heavy (non-hydrogen) atoms. The minimum Gasteiger partial charge on any atom is -0.343 e. The molecule has 1 amide bonds. The molecule has 0 fully saturated rings. The van der Waals surface area contributed by atoms with Crippen LogP contribution in [0.1, 0.15) is 5.56 Å². The summed E-state index contributed by atoms with van der Waals surface area (Å²) in [6, 6.07) is 15.8. The van der Waals surface area contributed by atoms with Crippen molar-refractivity contribution in [2.45, 2.75) is 6.54 Å². The summed E-state index contributed by atoms with van der Waals surface area (Å²) < 4.78 is 0. The standard InChI is InChI=1S/C15H13ClN2O/c1-17-12-7-3-2-6-11(12)10-18(15(16)19)14-9-5-4-8-13(14)17/h2-9H,10H2,1H3. The predicted molar refractivity (Wildman–Crippen MR) is 78.4 cm³/mol. The van der Waals surface area contributed by atoms with Crippen LogP contribution in [0.4, 0.5) is 21.9 Å². The van der Waals surface area contributed by atoms with Crippen molar-refractivity contribution in [1.82, 2.24) is 0 Å². The van der Waals surface area contributed by atoms with Crippen LogP contribution in [0.5, 0.6) is 0 Å². The zero-order valence-electron chi connectivity index (χ0n) is 10.5. The fraction of sp³-hybridized carbons (Fsp3) is 0.133. The maximum absolute atomic E-state index is 11.7. The molecule has 0 aromatic heterocycles. The van der Waals surface area contributed by atoms with Crippen molar-refractivity contribution in [3.63, 3.8) is 0 Å². The Kier molecular flexibility index (Phi) is 2.91. The number of hydrogen-bond donors (Lipinski definition) is 0. The van der Waals surface area contributed by atoms with Crippen LogP contribution >= 0.6 is 11.6 Å². The fourth-order valence-electron chi connectivity index (χ4n) is 2.49. The lowest BCUT2D eigenvalue weighted by atomic mass is 10.1. The zero-order valence-corrected chi connectivity index (χ0v) is 11.3. The van der Waals surface area contributed by atoms with E-state index in [-0.39, 0.29) is 0 Å². The molecule has 4 heteroatoms. The number of rotatable bonds is 0.